The van der Waals surface area contributed by atoms with Gasteiger partial charge >= 0.3 is 0 Å². The average molecular weight is 291 g/mol. The summed E-state index contributed by atoms with van der Waals surface area (Å²) in [7, 11) is -3.63. The minimum absolute atomic E-state index is 0.139. The number of nitrogen functional groups attached to an aromatic ring is 1. The number of hydrogen-bond donors (Lipinski definition) is 2. The normalized spacial score (nSPS) is 11.5. The minimum atomic E-state index is -3.63. The molecule has 106 valence electrons. The Labute approximate surface area is 118 Å². The van der Waals surface area contributed by atoms with Crippen molar-refractivity contribution in [3.63, 3.8) is 0 Å². The number of pyridine rings is 1. The largest absolute Gasteiger partial charge is 0.398 e. The van der Waals surface area contributed by atoms with Crippen molar-refractivity contribution in [3.8, 4) is 0 Å². The number of sulfonamides is 1. The molecule has 6 heteroatoms. The van der Waals surface area contributed by atoms with Crippen LogP contribution in [0.2, 0.25) is 0 Å². The molecule has 20 heavy (non-hydrogen) atoms. The molecule has 1 heterocycles. The summed E-state index contributed by atoms with van der Waals surface area (Å²) < 4.78 is 27.2. The molecular weight excluding hydrogens is 274 g/mol. The van der Waals surface area contributed by atoms with Gasteiger partial charge in [0.1, 0.15) is 4.90 Å². The van der Waals surface area contributed by atoms with Gasteiger partial charge in [0.05, 0.1) is 5.69 Å². The van der Waals surface area contributed by atoms with Crippen LogP contribution in [0.5, 0.6) is 0 Å². The first-order chi connectivity index (χ1) is 9.40. The van der Waals surface area contributed by atoms with E-state index in [1.807, 2.05) is 19.1 Å². The predicted octanol–water partition coefficient (Wildman–Crippen LogP) is 1.76. The zero-order chi connectivity index (χ0) is 14.8. The fourth-order valence-corrected chi connectivity index (χ4v) is 3.27. The Hall–Kier alpha value is -1.92. The molecule has 5 nitrogen and oxygen atoms in total. The summed E-state index contributed by atoms with van der Waals surface area (Å²) in [4.78, 5) is 4.27. The van der Waals surface area contributed by atoms with Crippen molar-refractivity contribution in [2.75, 3.05) is 5.73 Å². The van der Waals surface area contributed by atoms with Crippen LogP contribution in [0.3, 0.4) is 0 Å². The standard InChI is InChI=1S/C14H17N3O2S/c1-10-4-3-5-13(15)14(10)20(18,19)17-9-12-7-6-11(2)16-8-12/h3-8,17H,9,15H2,1-2H3. The van der Waals surface area contributed by atoms with Gasteiger partial charge in [-0.2, -0.15) is 0 Å². The molecule has 0 saturated heterocycles. The van der Waals surface area contributed by atoms with Gasteiger partial charge in [-0.3, -0.25) is 4.98 Å². The fraction of sp³-hybridized carbons (Fsp3) is 0.214. The van der Waals surface area contributed by atoms with Crippen molar-refractivity contribution < 1.29 is 8.42 Å². The zero-order valence-corrected chi connectivity index (χ0v) is 12.2. The molecule has 0 aliphatic heterocycles. The first kappa shape index (κ1) is 14.5. The third-order valence-corrected chi connectivity index (χ3v) is 4.57. The summed E-state index contributed by atoms with van der Waals surface area (Å²) in [6.07, 6.45) is 1.65. The molecule has 0 aliphatic carbocycles. The molecule has 0 fully saturated rings. The number of nitrogens with zero attached hydrogens (tertiary/aromatic N) is 1. The summed E-state index contributed by atoms with van der Waals surface area (Å²) in [5, 5.41) is 0. The zero-order valence-electron chi connectivity index (χ0n) is 11.4. The third-order valence-electron chi connectivity index (χ3n) is 2.95. The van der Waals surface area contributed by atoms with Crippen molar-refractivity contribution in [1.29, 1.82) is 0 Å². The van der Waals surface area contributed by atoms with E-state index in [-0.39, 0.29) is 17.1 Å². The van der Waals surface area contributed by atoms with Crippen molar-refractivity contribution in [3.05, 3.63) is 53.3 Å². The summed E-state index contributed by atoms with van der Waals surface area (Å²) >= 11 is 0. The van der Waals surface area contributed by atoms with Gasteiger partial charge in [0, 0.05) is 18.4 Å². The molecule has 0 amide bonds. The number of aryl methyl sites for hydroxylation is 2. The molecular formula is C14H17N3O2S. The van der Waals surface area contributed by atoms with Gasteiger partial charge in [-0.05, 0) is 37.1 Å². The Bertz CT molecular complexity index is 689. The molecule has 0 atom stereocenters. The SMILES string of the molecule is Cc1ccc(CNS(=O)(=O)c2c(C)cccc2N)cn1. The Balaban J connectivity index is 2.22. The van der Waals surface area contributed by atoms with E-state index in [9.17, 15) is 8.42 Å². The number of anilines is 1. The molecule has 0 unspecified atom stereocenters. The van der Waals surface area contributed by atoms with E-state index in [1.54, 1.807) is 31.3 Å². The van der Waals surface area contributed by atoms with E-state index in [0.717, 1.165) is 11.3 Å². The van der Waals surface area contributed by atoms with Crippen LogP contribution >= 0.6 is 0 Å². The van der Waals surface area contributed by atoms with E-state index < -0.39 is 10.0 Å². The van der Waals surface area contributed by atoms with Crippen LogP contribution in [0.1, 0.15) is 16.8 Å². The highest BCUT2D eigenvalue weighted by Crippen LogP contribution is 2.22. The quantitative estimate of drug-likeness (QED) is 0.841. The lowest BCUT2D eigenvalue weighted by Gasteiger charge is -2.11. The topological polar surface area (TPSA) is 85.1 Å². The number of benzene rings is 1. The first-order valence-corrected chi connectivity index (χ1v) is 7.65. The molecule has 2 rings (SSSR count). The maximum atomic E-state index is 12.3. The lowest BCUT2D eigenvalue weighted by Crippen LogP contribution is -2.25. The van der Waals surface area contributed by atoms with Gasteiger partial charge in [-0.1, -0.05) is 18.2 Å². The average Bonchev–Trinajstić information content (AvgIpc) is 2.37. The predicted molar refractivity (Wildman–Crippen MR) is 78.6 cm³/mol. The van der Waals surface area contributed by atoms with Crippen LogP contribution in [0.15, 0.2) is 41.4 Å². The Morgan fingerprint density at radius 3 is 2.55 bits per heavy atom. The molecule has 3 N–H and O–H groups in total. The van der Waals surface area contributed by atoms with Crippen molar-refractivity contribution in [2.45, 2.75) is 25.3 Å². The van der Waals surface area contributed by atoms with Gasteiger partial charge in [0.15, 0.2) is 0 Å². The monoisotopic (exact) mass is 291 g/mol. The molecule has 0 bridgehead atoms. The van der Waals surface area contributed by atoms with E-state index in [2.05, 4.69) is 9.71 Å². The fourth-order valence-electron chi connectivity index (χ4n) is 1.90. The van der Waals surface area contributed by atoms with E-state index in [4.69, 9.17) is 5.73 Å². The Kier molecular flexibility index (Phi) is 4.06. The number of nitrogens with two attached hydrogens (primary N) is 1. The molecule has 0 aliphatic rings. The van der Waals surface area contributed by atoms with Crippen LogP contribution in [-0.4, -0.2) is 13.4 Å². The molecule has 0 spiro atoms. The Morgan fingerprint density at radius 1 is 1.20 bits per heavy atom. The number of nitrogens with one attached hydrogen (secondary N) is 1. The molecule has 1 aromatic heterocycles. The highest BCUT2D eigenvalue weighted by Gasteiger charge is 2.19. The van der Waals surface area contributed by atoms with Gasteiger partial charge in [0.2, 0.25) is 10.0 Å². The van der Waals surface area contributed by atoms with Gasteiger partial charge in [-0.15, -0.1) is 0 Å². The van der Waals surface area contributed by atoms with Crippen LogP contribution in [0.4, 0.5) is 5.69 Å². The van der Waals surface area contributed by atoms with Crippen LogP contribution in [0, 0.1) is 13.8 Å². The highest BCUT2D eigenvalue weighted by molar-refractivity contribution is 7.89. The van der Waals surface area contributed by atoms with E-state index in [1.165, 1.54) is 0 Å². The lowest BCUT2D eigenvalue weighted by atomic mass is 10.2. The second-order valence-electron chi connectivity index (χ2n) is 4.63. The summed E-state index contributed by atoms with van der Waals surface area (Å²) in [6, 6.07) is 8.71. The second-order valence-corrected chi connectivity index (χ2v) is 6.33. The van der Waals surface area contributed by atoms with Crippen LogP contribution in [0.25, 0.3) is 0 Å². The molecule has 0 saturated carbocycles. The number of hydrogen-bond acceptors (Lipinski definition) is 4. The smallest absolute Gasteiger partial charge is 0.243 e. The van der Waals surface area contributed by atoms with Gasteiger partial charge < -0.3 is 5.73 Å². The number of rotatable bonds is 4. The summed E-state index contributed by atoms with van der Waals surface area (Å²) in [5.41, 5.74) is 8.33. The first-order valence-electron chi connectivity index (χ1n) is 6.16. The second kappa shape index (κ2) is 5.60. The number of aromatic nitrogens is 1. The highest BCUT2D eigenvalue weighted by atomic mass is 32.2. The maximum absolute atomic E-state index is 12.3. The molecule has 2 aromatic rings. The summed E-state index contributed by atoms with van der Waals surface area (Å²) in [5.74, 6) is 0. The summed E-state index contributed by atoms with van der Waals surface area (Å²) in [6.45, 7) is 3.78. The third kappa shape index (κ3) is 3.15. The molecule has 1 aromatic carbocycles. The maximum Gasteiger partial charge on any atom is 0.243 e. The van der Waals surface area contributed by atoms with Crippen LogP contribution in [-0.2, 0) is 16.6 Å². The van der Waals surface area contributed by atoms with Crippen LogP contribution < -0.4 is 10.5 Å². The van der Waals surface area contributed by atoms with E-state index >= 15 is 0 Å². The van der Waals surface area contributed by atoms with Crippen molar-refractivity contribution in [1.82, 2.24) is 9.71 Å². The van der Waals surface area contributed by atoms with Gasteiger partial charge in [-0.25, -0.2) is 13.1 Å². The minimum Gasteiger partial charge on any atom is -0.398 e. The lowest BCUT2D eigenvalue weighted by molar-refractivity contribution is 0.581. The van der Waals surface area contributed by atoms with E-state index in [0.29, 0.717) is 5.56 Å². The van der Waals surface area contributed by atoms with Crippen molar-refractivity contribution >= 4 is 15.7 Å². The Morgan fingerprint density at radius 2 is 1.95 bits per heavy atom. The van der Waals surface area contributed by atoms with Gasteiger partial charge in [0.25, 0.3) is 0 Å². The van der Waals surface area contributed by atoms with Crippen molar-refractivity contribution in [2.24, 2.45) is 0 Å². The molecule has 0 radical (unpaired) electrons.